The van der Waals surface area contributed by atoms with Crippen molar-refractivity contribution in [1.82, 2.24) is 4.90 Å². The van der Waals surface area contributed by atoms with Gasteiger partial charge >= 0.3 is 5.97 Å². The zero-order valence-corrected chi connectivity index (χ0v) is 14.9. The Bertz CT molecular complexity index is 823. The number of amides is 2. The first-order chi connectivity index (χ1) is 12.9. The van der Waals surface area contributed by atoms with Gasteiger partial charge in [-0.25, -0.2) is 9.18 Å². The molecule has 2 aromatic carbocycles. The van der Waals surface area contributed by atoms with Gasteiger partial charge in [-0.05, 0) is 42.5 Å². The van der Waals surface area contributed by atoms with Crippen LogP contribution in [0.3, 0.4) is 0 Å². The van der Waals surface area contributed by atoms with Crippen LogP contribution in [0.5, 0.6) is 5.75 Å². The highest BCUT2D eigenvalue weighted by atomic mass is 19.1. The quantitative estimate of drug-likeness (QED) is 0.750. The first-order valence-electron chi connectivity index (χ1n) is 7.99. The van der Waals surface area contributed by atoms with E-state index in [1.807, 2.05) is 0 Å². The summed E-state index contributed by atoms with van der Waals surface area (Å²) in [6.45, 7) is -0.493. The van der Waals surface area contributed by atoms with Crippen molar-refractivity contribution in [1.29, 1.82) is 0 Å². The number of ether oxygens (including phenoxy) is 2. The molecule has 1 N–H and O–H groups in total. The molecule has 27 heavy (non-hydrogen) atoms. The van der Waals surface area contributed by atoms with E-state index in [2.05, 4.69) is 10.1 Å². The van der Waals surface area contributed by atoms with Crippen LogP contribution in [0.2, 0.25) is 0 Å². The molecule has 0 atom stereocenters. The van der Waals surface area contributed by atoms with Crippen molar-refractivity contribution in [3.05, 3.63) is 59.9 Å². The first-order valence-corrected chi connectivity index (χ1v) is 7.99. The second-order valence-electron chi connectivity index (χ2n) is 5.61. The topological polar surface area (TPSA) is 84.9 Å². The number of carbonyl (C=O) groups is 3. The normalized spacial score (nSPS) is 10.0. The number of hydrogen-bond donors (Lipinski definition) is 1. The summed E-state index contributed by atoms with van der Waals surface area (Å²) in [4.78, 5) is 36.7. The predicted octanol–water partition coefficient (Wildman–Crippen LogP) is 2.09. The molecular formula is C19H19FN2O5. The Labute approximate surface area is 155 Å². The van der Waals surface area contributed by atoms with Crippen LogP contribution in [0, 0.1) is 5.82 Å². The van der Waals surface area contributed by atoms with Crippen molar-refractivity contribution in [2.24, 2.45) is 0 Å². The van der Waals surface area contributed by atoms with Gasteiger partial charge in [-0.15, -0.1) is 0 Å². The fourth-order valence-corrected chi connectivity index (χ4v) is 2.12. The average Bonchev–Trinajstić information content (AvgIpc) is 2.67. The van der Waals surface area contributed by atoms with Crippen molar-refractivity contribution in [2.45, 2.75) is 0 Å². The van der Waals surface area contributed by atoms with E-state index in [0.29, 0.717) is 17.0 Å². The molecule has 0 aliphatic rings. The van der Waals surface area contributed by atoms with Crippen LogP contribution in [-0.2, 0) is 14.3 Å². The van der Waals surface area contributed by atoms with Gasteiger partial charge in [0.15, 0.2) is 6.61 Å². The Kier molecular flexibility index (Phi) is 6.87. The molecule has 2 aromatic rings. The summed E-state index contributed by atoms with van der Waals surface area (Å²) in [6, 6.07) is 11.5. The SMILES string of the molecule is COC(=O)c1cccc(OCC(=O)N(C)CC(=O)Nc2ccc(F)cc2)c1. The standard InChI is InChI=1S/C19H19FN2O5/c1-22(11-17(23)21-15-8-6-14(20)7-9-15)18(24)12-27-16-5-3-4-13(10-16)19(25)26-2/h3-10H,11-12H2,1-2H3,(H,21,23). The molecule has 0 aliphatic carbocycles. The molecule has 7 nitrogen and oxygen atoms in total. The maximum Gasteiger partial charge on any atom is 0.337 e. The second-order valence-corrected chi connectivity index (χ2v) is 5.61. The average molecular weight is 374 g/mol. The largest absolute Gasteiger partial charge is 0.484 e. The van der Waals surface area contributed by atoms with Crippen molar-refractivity contribution in [3.63, 3.8) is 0 Å². The molecule has 0 heterocycles. The molecule has 0 saturated heterocycles. The molecule has 0 aromatic heterocycles. The Morgan fingerprint density at radius 1 is 1.11 bits per heavy atom. The summed E-state index contributed by atoms with van der Waals surface area (Å²) in [5.41, 5.74) is 0.729. The van der Waals surface area contributed by atoms with Crippen LogP contribution in [-0.4, -0.2) is 50.0 Å². The minimum atomic E-state index is -0.513. The van der Waals surface area contributed by atoms with Crippen molar-refractivity contribution in [2.75, 3.05) is 32.6 Å². The molecule has 2 rings (SSSR count). The molecule has 0 bridgehead atoms. The highest BCUT2D eigenvalue weighted by Crippen LogP contribution is 2.14. The van der Waals surface area contributed by atoms with Gasteiger partial charge in [-0.1, -0.05) is 6.07 Å². The lowest BCUT2D eigenvalue weighted by molar-refractivity contribution is -0.135. The maximum absolute atomic E-state index is 12.8. The predicted molar refractivity (Wildman–Crippen MR) is 95.9 cm³/mol. The number of benzene rings is 2. The fraction of sp³-hybridized carbons (Fsp3) is 0.211. The van der Waals surface area contributed by atoms with E-state index in [0.717, 1.165) is 0 Å². The van der Waals surface area contributed by atoms with Crippen molar-refractivity contribution >= 4 is 23.5 Å². The lowest BCUT2D eigenvalue weighted by atomic mass is 10.2. The number of halogens is 1. The minimum absolute atomic E-state index is 0.193. The zero-order chi connectivity index (χ0) is 19.8. The van der Waals surface area contributed by atoms with E-state index in [1.54, 1.807) is 18.2 Å². The molecule has 8 heteroatoms. The number of carbonyl (C=O) groups excluding carboxylic acids is 3. The van der Waals surface area contributed by atoms with Gasteiger partial charge in [0.05, 0.1) is 19.2 Å². The number of nitrogens with zero attached hydrogens (tertiary/aromatic N) is 1. The summed E-state index contributed by atoms with van der Waals surface area (Å²) >= 11 is 0. The van der Waals surface area contributed by atoms with Crippen LogP contribution in [0.1, 0.15) is 10.4 Å². The van der Waals surface area contributed by atoms with E-state index in [9.17, 15) is 18.8 Å². The third-order valence-electron chi connectivity index (χ3n) is 3.55. The van der Waals surface area contributed by atoms with Crippen molar-refractivity contribution < 1.29 is 28.2 Å². The third-order valence-corrected chi connectivity index (χ3v) is 3.55. The Morgan fingerprint density at radius 3 is 2.48 bits per heavy atom. The van der Waals surface area contributed by atoms with Crippen LogP contribution in [0.15, 0.2) is 48.5 Å². The van der Waals surface area contributed by atoms with E-state index >= 15 is 0 Å². The van der Waals surface area contributed by atoms with Gasteiger partial charge in [0.25, 0.3) is 5.91 Å². The lowest BCUT2D eigenvalue weighted by Crippen LogP contribution is -2.37. The minimum Gasteiger partial charge on any atom is -0.484 e. The zero-order valence-electron chi connectivity index (χ0n) is 14.9. The van der Waals surface area contributed by atoms with Crippen LogP contribution < -0.4 is 10.1 Å². The van der Waals surface area contributed by atoms with Gasteiger partial charge in [-0.3, -0.25) is 9.59 Å². The summed E-state index contributed by atoms with van der Waals surface area (Å²) < 4.78 is 22.8. The number of nitrogens with one attached hydrogen (secondary N) is 1. The summed E-state index contributed by atoms with van der Waals surface area (Å²) in [6.07, 6.45) is 0. The molecule has 0 spiro atoms. The second kappa shape index (κ2) is 9.33. The number of anilines is 1. The molecule has 0 fully saturated rings. The number of rotatable bonds is 7. The van der Waals surface area contributed by atoms with Crippen molar-refractivity contribution in [3.8, 4) is 5.75 Å². The van der Waals surface area contributed by atoms with Crippen LogP contribution >= 0.6 is 0 Å². The number of hydrogen-bond acceptors (Lipinski definition) is 5. The van der Waals surface area contributed by atoms with E-state index in [-0.39, 0.29) is 13.2 Å². The smallest absolute Gasteiger partial charge is 0.337 e. The number of likely N-dealkylation sites (N-methyl/N-ethyl adjacent to an activating group) is 1. The van der Waals surface area contributed by atoms with E-state index in [4.69, 9.17) is 4.74 Å². The van der Waals surface area contributed by atoms with Gasteiger partial charge in [0.1, 0.15) is 11.6 Å². The maximum atomic E-state index is 12.8. The molecule has 0 aliphatic heterocycles. The number of esters is 1. The first kappa shape index (κ1) is 19.9. The molecule has 142 valence electrons. The fourth-order valence-electron chi connectivity index (χ4n) is 2.12. The Balaban J connectivity index is 1.83. The summed E-state index contributed by atoms with van der Waals surface area (Å²) in [7, 11) is 2.73. The van der Waals surface area contributed by atoms with E-state index in [1.165, 1.54) is 49.4 Å². The van der Waals surface area contributed by atoms with E-state index < -0.39 is 23.6 Å². The molecule has 2 amide bonds. The molecule has 0 unspecified atom stereocenters. The van der Waals surface area contributed by atoms with Gasteiger partial charge in [0.2, 0.25) is 5.91 Å². The molecule has 0 radical (unpaired) electrons. The third kappa shape index (κ3) is 6.10. The Hall–Kier alpha value is -3.42. The summed E-state index contributed by atoms with van der Waals surface area (Å²) in [5.74, 6) is -1.44. The van der Waals surface area contributed by atoms with Crippen LogP contribution in [0.4, 0.5) is 10.1 Å². The van der Waals surface area contributed by atoms with Gasteiger partial charge in [0, 0.05) is 12.7 Å². The highest BCUT2D eigenvalue weighted by molar-refractivity contribution is 5.94. The monoisotopic (exact) mass is 374 g/mol. The van der Waals surface area contributed by atoms with Gasteiger partial charge < -0.3 is 19.7 Å². The highest BCUT2D eigenvalue weighted by Gasteiger charge is 2.14. The summed E-state index contributed by atoms with van der Waals surface area (Å²) in [5, 5.41) is 2.56. The van der Waals surface area contributed by atoms with Crippen LogP contribution in [0.25, 0.3) is 0 Å². The lowest BCUT2D eigenvalue weighted by Gasteiger charge is -2.17. The number of methoxy groups -OCH3 is 1. The molecule has 0 saturated carbocycles. The Morgan fingerprint density at radius 2 is 1.81 bits per heavy atom. The van der Waals surface area contributed by atoms with Gasteiger partial charge in [-0.2, -0.15) is 0 Å². The molecular weight excluding hydrogens is 355 g/mol.